The average molecular weight is 469 g/mol. The molecule has 0 unspecified atom stereocenters. The Morgan fingerprint density at radius 3 is 2.66 bits per heavy atom. The van der Waals surface area contributed by atoms with Crippen LogP contribution in [0.15, 0.2) is 53.2 Å². The predicted molar refractivity (Wildman–Crippen MR) is 129 cm³/mol. The highest BCUT2D eigenvalue weighted by atomic mass is 16.5. The Hall–Kier alpha value is -4.36. The molecular weight excluding hydrogens is 444 g/mol. The molecule has 176 valence electrons. The number of benzene rings is 1. The van der Waals surface area contributed by atoms with Crippen molar-refractivity contribution >= 4 is 5.82 Å². The summed E-state index contributed by atoms with van der Waals surface area (Å²) in [4.78, 5) is 13.2. The second-order valence-corrected chi connectivity index (χ2v) is 8.83. The van der Waals surface area contributed by atoms with Gasteiger partial charge in [0.05, 0.1) is 29.1 Å². The van der Waals surface area contributed by atoms with Crippen LogP contribution in [0.25, 0.3) is 34.3 Å². The Balaban J connectivity index is 1.40. The molecule has 35 heavy (non-hydrogen) atoms. The van der Waals surface area contributed by atoms with Gasteiger partial charge in [-0.2, -0.15) is 5.26 Å². The van der Waals surface area contributed by atoms with E-state index in [0.717, 1.165) is 36.4 Å². The number of anilines is 1. The summed E-state index contributed by atoms with van der Waals surface area (Å²) < 4.78 is 11.8. The van der Waals surface area contributed by atoms with Crippen molar-refractivity contribution < 1.29 is 9.15 Å². The lowest BCUT2D eigenvalue weighted by Crippen LogP contribution is -2.19. The molecule has 0 aliphatic carbocycles. The first-order chi connectivity index (χ1) is 16.9. The first kappa shape index (κ1) is 22.4. The quantitative estimate of drug-likeness (QED) is 0.431. The van der Waals surface area contributed by atoms with E-state index in [1.54, 1.807) is 18.5 Å². The van der Waals surface area contributed by atoms with Crippen molar-refractivity contribution in [2.24, 2.45) is 0 Å². The zero-order chi connectivity index (χ0) is 24.4. The van der Waals surface area contributed by atoms with Crippen LogP contribution in [0.4, 0.5) is 5.82 Å². The molecule has 1 fully saturated rings. The van der Waals surface area contributed by atoms with E-state index in [4.69, 9.17) is 14.9 Å². The molecule has 5 rings (SSSR count). The van der Waals surface area contributed by atoms with E-state index < -0.39 is 5.41 Å². The van der Waals surface area contributed by atoms with E-state index in [-0.39, 0.29) is 23.5 Å². The summed E-state index contributed by atoms with van der Waals surface area (Å²) >= 11 is 0. The lowest BCUT2D eigenvalue weighted by Gasteiger charge is -2.15. The van der Waals surface area contributed by atoms with Crippen LogP contribution in [0.1, 0.15) is 26.0 Å². The molecule has 0 spiro atoms. The van der Waals surface area contributed by atoms with Crippen LogP contribution in [0, 0.1) is 11.3 Å². The number of ether oxygens (including phenoxy) is 1. The molecule has 0 bridgehead atoms. The van der Waals surface area contributed by atoms with E-state index in [1.165, 1.54) is 0 Å². The first-order valence-corrected chi connectivity index (χ1v) is 11.3. The summed E-state index contributed by atoms with van der Waals surface area (Å²) in [5, 5.41) is 21.0. The van der Waals surface area contributed by atoms with E-state index in [2.05, 4.69) is 36.5 Å². The Labute approximate surface area is 202 Å². The molecule has 0 amide bonds. The molecule has 1 aliphatic rings. The smallest absolute Gasteiger partial charge is 0.270 e. The van der Waals surface area contributed by atoms with Crippen LogP contribution in [-0.2, 0) is 5.41 Å². The number of nitrogens with two attached hydrogens (primary N) is 1. The number of aromatic nitrogens is 5. The number of hydrogen-bond donors (Lipinski definition) is 2. The normalized spacial score (nSPS) is 15.6. The summed E-state index contributed by atoms with van der Waals surface area (Å²) in [5.41, 5.74) is 8.32. The van der Waals surface area contributed by atoms with Gasteiger partial charge in [0.1, 0.15) is 11.9 Å². The third-order valence-corrected chi connectivity index (χ3v) is 5.82. The van der Waals surface area contributed by atoms with Crippen LogP contribution in [0.5, 0.6) is 5.75 Å². The molecule has 3 N–H and O–H groups in total. The van der Waals surface area contributed by atoms with E-state index in [1.807, 2.05) is 44.2 Å². The maximum Gasteiger partial charge on any atom is 0.270 e. The van der Waals surface area contributed by atoms with Crippen molar-refractivity contribution in [3.63, 3.8) is 0 Å². The third kappa shape index (κ3) is 4.67. The molecule has 1 atom stereocenters. The van der Waals surface area contributed by atoms with Gasteiger partial charge in [-0.3, -0.25) is 4.98 Å². The lowest BCUT2D eigenvalue weighted by molar-refractivity contribution is 0.223. The summed E-state index contributed by atoms with van der Waals surface area (Å²) in [5.74, 6) is 1.46. The molecule has 4 heterocycles. The van der Waals surface area contributed by atoms with Crippen LogP contribution < -0.4 is 15.8 Å². The van der Waals surface area contributed by atoms with Gasteiger partial charge in [0.25, 0.3) is 5.89 Å². The van der Waals surface area contributed by atoms with Crippen molar-refractivity contribution in [1.82, 2.24) is 30.5 Å². The minimum atomic E-state index is -0.740. The highest BCUT2D eigenvalue weighted by Gasteiger charge is 2.23. The molecule has 1 aromatic carbocycles. The monoisotopic (exact) mass is 468 g/mol. The van der Waals surface area contributed by atoms with Crippen LogP contribution >= 0.6 is 0 Å². The number of nitrogens with one attached hydrogen (secondary N) is 1. The number of nitrogen functional groups attached to an aromatic ring is 1. The SMILES string of the molecule is CC(C)(C#N)c1cc(-c2cnc(N)c(-c3nnc(-c4ccc(O[C@@H]5CCNC5)cc4)o3)n2)ccn1. The van der Waals surface area contributed by atoms with Crippen molar-refractivity contribution in [2.45, 2.75) is 31.8 Å². The number of rotatable bonds is 6. The first-order valence-electron chi connectivity index (χ1n) is 11.3. The van der Waals surface area contributed by atoms with Gasteiger partial charge in [-0.05, 0) is 63.2 Å². The highest BCUT2D eigenvalue weighted by Crippen LogP contribution is 2.30. The molecule has 0 radical (unpaired) electrons. The van der Waals surface area contributed by atoms with Crippen molar-refractivity contribution in [1.29, 1.82) is 5.26 Å². The van der Waals surface area contributed by atoms with Crippen LogP contribution in [0.3, 0.4) is 0 Å². The molecule has 3 aromatic heterocycles. The van der Waals surface area contributed by atoms with Gasteiger partial charge >= 0.3 is 0 Å². The summed E-state index contributed by atoms with van der Waals surface area (Å²) in [6, 6.07) is 13.4. The van der Waals surface area contributed by atoms with Gasteiger partial charge in [-0.25, -0.2) is 9.97 Å². The van der Waals surface area contributed by atoms with E-state index in [0.29, 0.717) is 17.3 Å². The predicted octanol–water partition coefficient (Wildman–Crippen LogP) is 3.38. The maximum atomic E-state index is 9.44. The highest BCUT2D eigenvalue weighted by molar-refractivity contribution is 5.69. The largest absolute Gasteiger partial charge is 0.489 e. The molecular formula is C25H24N8O2. The number of hydrogen-bond acceptors (Lipinski definition) is 10. The number of pyridine rings is 1. The van der Waals surface area contributed by atoms with Gasteiger partial charge < -0.3 is 20.2 Å². The van der Waals surface area contributed by atoms with Crippen LogP contribution in [0.2, 0.25) is 0 Å². The average Bonchev–Trinajstić information content (AvgIpc) is 3.58. The Bertz CT molecular complexity index is 1390. The fourth-order valence-corrected chi connectivity index (χ4v) is 3.72. The van der Waals surface area contributed by atoms with E-state index >= 15 is 0 Å². The minimum Gasteiger partial charge on any atom is -0.489 e. The third-order valence-electron chi connectivity index (χ3n) is 5.82. The molecule has 10 nitrogen and oxygen atoms in total. The second-order valence-electron chi connectivity index (χ2n) is 8.83. The van der Waals surface area contributed by atoms with Crippen molar-refractivity contribution in [2.75, 3.05) is 18.8 Å². The van der Waals surface area contributed by atoms with Gasteiger partial charge in [0.15, 0.2) is 11.5 Å². The maximum absolute atomic E-state index is 9.44. The number of nitrogens with zero attached hydrogens (tertiary/aromatic N) is 6. The van der Waals surface area contributed by atoms with Gasteiger partial charge in [0.2, 0.25) is 5.89 Å². The molecule has 10 heteroatoms. The standard InChI is InChI=1S/C25H24N8O2/c1-25(2,14-26)20-11-16(7-10-29-20)19-13-30-22(27)21(31-19)24-33-32-23(35-24)15-3-5-17(6-4-15)34-18-8-9-28-12-18/h3-7,10-11,13,18,28H,8-9,12H2,1-2H3,(H2,27,30)/t18-/m1/s1. The van der Waals surface area contributed by atoms with Gasteiger partial charge in [-0.1, -0.05) is 0 Å². The zero-order valence-corrected chi connectivity index (χ0v) is 19.4. The summed E-state index contributed by atoms with van der Waals surface area (Å²) in [6.07, 6.45) is 4.38. The molecule has 1 aliphatic heterocycles. The van der Waals surface area contributed by atoms with Gasteiger partial charge in [-0.15, -0.1) is 10.2 Å². The topological polar surface area (TPSA) is 149 Å². The zero-order valence-electron chi connectivity index (χ0n) is 19.4. The number of nitriles is 1. The molecule has 1 saturated heterocycles. The Morgan fingerprint density at radius 2 is 1.91 bits per heavy atom. The molecule has 4 aromatic rings. The fourth-order valence-electron chi connectivity index (χ4n) is 3.72. The summed E-state index contributed by atoms with van der Waals surface area (Å²) in [6.45, 7) is 5.45. The summed E-state index contributed by atoms with van der Waals surface area (Å²) in [7, 11) is 0. The van der Waals surface area contributed by atoms with Crippen LogP contribution in [-0.4, -0.2) is 44.3 Å². The van der Waals surface area contributed by atoms with Crippen molar-refractivity contribution in [3.8, 4) is 46.1 Å². The van der Waals surface area contributed by atoms with Crippen molar-refractivity contribution in [3.05, 3.63) is 54.5 Å². The fraction of sp³-hybridized carbons (Fsp3) is 0.280. The lowest BCUT2D eigenvalue weighted by atomic mass is 9.90. The van der Waals surface area contributed by atoms with E-state index in [9.17, 15) is 5.26 Å². The minimum absolute atomic E-state index is 0.163. The Morgan fingerprint density at radius 1 is 1.11 bits per heavy atom. The Kier molecular flexibility index (Phi) is 5.84. The van der Waals surface area contributed by atoms with Gasteiger partial charge in [0, 0.05) is 23.9 Å². The molecule has 0 saturated carbocycles. The second kappa shape index (κ2) is 9.12.